The van der Waals surface area contributed by atoms with Gasteiger partial charge in [0.2, 0.25) is 0 Å². The number of nitrogens with zero attached hydrogens (tertiary/aromatic N) is 1. The fraction of sp³-hybridized carbons (Fsp3) is 0.182. The molecule has 0 atom stereocenters. The molecule has 2 N–H and O–H groups in total. The topological polar surface area (TPSA) is 38.9 Å². The number of pyridine rings is 1. The fourth-order valence-electron chi connectivity index (χ4n) is 1.51. The highest BCUT2D eigenvalue weighted by molar-refractivity contribution is 5.82. The third-order valence-corrected chi connectivity index (χ3v) is 2.28. The molecule has 0 radical (unpaired) electrons. The molecule has 0 unspecified atom stereocenters. The number of hydrogen-bond donors (Lipinski definition) is 1. The van der Waals surface area contributed by atoms with Crippen molar-refractivity contribution in [3.8, 4) is 0 Å². The van der Waals surface area contributed by atoms with Crippen LogP contribution in [0.5, 0.6) is 0 Å². The van der Waals surface area contributed by atoms with Crippen molar-refractivity contribution in [2.45, 2.75) is 5.92 Å². The summed E-state index contributed by atoms with van der Waals surface area (Å²) in [7, 11) is 0. The second-order valence-corrected chi connectivity index (χ2v) is 3.29. The monoisotopic (exact) mass is 208 g/mol. The Hall–Kier alpha value is -1.55. The lowest BCUT2D eigenvalue weighted by Crippen LogP contribution is -2.25. The number of alkyl halides is 2. The van der Waals surface area contributed by atoms with Gasteiger partial charge in [-0.1, -0.05) is 24.3 Å². The molecule has 0 amide bonds. The van der Waals surface area contributed by atoms with Gasteiger partial charge in [-0.25, -0.2) is 0 Å². The quantitative estimate of drug-likeness (QED) is 0.822. The maximum absolute atomic E-state index is 13.5. The summed E-state index contributed by atoms with van der Waals surface area (Å²) < 4.78 is 26.9. The van der Waals surface area contributed by atoms with E-state index in [1.54, 1.807) is 24.3 Å². The van der Waals surface area contributed by atoms with Crippen molar-refractivity contribution < 1.29 is 8.78 Å². The second kappa shape index (κ2) is 3.55. The van der Waals surface area contributed by atoms with E-state index in [4.69, 9.17) is 5.73 Å². The predicted molar refractivity (Wildman–Crippen MR) is 54.7 cm³/mol. The largest absolute Gasteiger partial charge is 0.325 e. The van der Waals surface area contributed by atoms with Gasteiger partial charge in [0.05, 0.1) is 12.1 Å². The van der Waals surface area contributed by atoms with E-state index in [1.807, 2.05) is 0 Å². The molecule has 0 saturated carbocycles. The van der Waals surface area contributed by atoms with E-state index in [0.717, 1.165) is 0 Å². The maximum Gasteiger partial charge on any atom is 0.287 e. The average Bonchev–Trinajstić information content (AvgIpc) is 2.28. The first-order valence-corrected chi connectivity index (χ1v) is 4.57. The molecule has 0 aliphatic rings. The molecule has 0 saturated heterocycles. The highest BCUT2D eigenvalue weighted by Crippen LogP contribution is 2.31. The second-order valence-electron chi connectivity index (χ2n) is 3.29. The van der Waals surface area contributed by atoms with Crippen LogP contribution in [0.4, 0.5) is 8.78 Å². The van der Waals surface area contributed by atoms with Crippen molar-refractivity contribution in [1.29, 1.82) is 0 Å². The van der Waals surface area contributed by atoms with Gasteiger partial charge >= 0.3 is 0 Å². The number of fused-ring (bicyclic) bond motifs is 1. The third-order valence-electron chi connectivity index (χ3n) is 2.28. The van der Waals surface area contributed by atoms with Crippen LogP contribution >= 0.6 is 0 Å². The minimum Gasteiger partial charge on any atom is -0.325 e. The lowest BCUT2D eigenvalue weighted by molar-refractivity contribution is 0.00735. The van der Waals surface area contributed by atoms with Crippen LogP contribution in [0.15, 0.2) is 36.5 Å². The SMILES string of the molecule is NCC(F)(F)c1cccc2cccnc12. The summed E-state index contributed by atoms with van der Waals surface area (Å²) in [5.74, 6) is -3.02. The highest BCUT2D eigenvalue weighted by atomic mass is 19.3. The fourth-order valence-corrected chi connectivity index (χ4v) is 1.51. The van der Waals surface area contributed by atoms with Crippen LogP contribution < -0.4 is 5.73 Å². The van der Waals surface area contributed by atoms with Gasteiger partial charge in [-0.15, -0.1) is 0 Å². The molecule has 2 nitrogen and oxygen atoms in total. The molecule has 1 heterocycles. The molecule has 0 spiro atoms. The molecule has 2 aromatic rings. The van der Waals surface area contributed by atoms with Crippen molar-refractivity contribution >= 4 is 10.9 Å². The minimum atomic E-state index is -3.02. The zero-order valence-electron chi connectivity index (χ0n) is 7.95. The maximum atomic E-state index is 13.5. The molecule has 78 valence electrons. The van der Waals surface area contributed by atoms with E-state index >= 15 is 0 Å². The summed E-state index contributed by atoms with van der Waals surface area (Å²) in [5, 5.41) is 0.697. The van der Waals surface area contributed by atoms with E-state index in [2.05, 4.69) is 4.98 Å². The summed E-state index contributed by atoms with van der Waals surface area (Å²) in [4.78, 5) is 3.96. The number of rotatable bonds is 2. The van der Waals surface area contributed by atoms with E-state index in [9.17, 15) is 8.78 Å². The molecule has 0 bridgehead atoms. The normalized spacial score (nSPS) is 11.9. The average molecular weight is 208 g/mol. The van der Waals surface area contributed by atoms with E-state index in [-0.39, 0.29) is 5.56 Å². The number of aromatic nitrogens is 1. The zero-order chi connectivity index (χ0) is 10.9. The summed E-state index contributed by atoms with van der Waals surface area (Å²) in [6.45, 7) is -0.706. The van der Waals surface area contributed by atoms with Gasteiger partial charge in [0.1, 0.15) is 0 Å². The van der Waals surface area contributed by atoms with Crippen LogP contribution in [-0.4, -0.2) is 11.5 Å². The molecule has 1 aromatic carbocycles. The first kappa shape index (κ1) is 9.98. The molecule has 0 aliphatic heterocycles. The molecule has 15 heavy (non-hydrogen) atoms. The van der Waals surface area contributed by atoms with Gasteiger partial charge in [-0.05, 0) is 6.07 Å². The van der Waals surface area contributed by atoms with E-state index in [0.29, 0.717) is 10.9 Å². The Morgan fingerprint density at radius 2 is 1.93 bits per heavy atom. The van der Waals surface area contributed by atoms with Gasteiger partial charge in [0, 0.05) is 17.1 Å². The van der Waals surface area contributed by atoms with E-state index < -0.39 is 12.5 Å². The molecule has 4 heteroatoms. The van der Waals surface area contributed by atoms with Gasteiger partial charge in [0.25, 0.3) is 5.92 Å². The molecular formula is C11H10F2N2. The van der Waals surface area contributed by atoms with Gasteiger partial charge < -0.3 is 5.73 Å². The van der Waals surface area contributed by atoms with Crippen LogP contribution in [0.3, 0.4) is 0 Å². The summed E-state index contributed by atoms with van der Waals surface area (Å²) in [6.07, 6.45) is 1.50. The first-order chi connectivity index (χ1) is 7.15. The standard InChI is InChI=1S/C11H10F2N2/c12-11(13,7-14)9-5-1-3-8-4-2-6-15-10(8)9/h1-6H,7,14H2. The third kappa shape index (κ3) is 1.68. The van der Waals surface area contributed by atoms with Crippen molar-refractivity contribution in [3.05, 3.63) is 42.1 Å². The molecule has 0 fully saturated rings. The van der Waals surface area contributed by atoms with Crippen LogP contribution in [0.1, 0.15) is 5.56 Å². The van der Waals surface area contributed by atoms with Gasteiger partial charge in [0.15, 0.2) is 0 Å². The van der Waals surface area contributed by atoms with Crippen LogP contribution in [-0.2, 0) is 5.92 Å². The predicted octanol–water partition coefficient (Wildman–Crippen LogP) is 2.29. The molecular weight excluding hydrogens is 198 g/mol. The minimum absolute atomic E-state index is 0.108. The summed E-state index contributed by atoms with van der Waals surface area (Å²) in [6, 6.07) is 8.16. The smallest absolute Gasteiger partial charge is 0.287 e. The van der Waals surface area contributed by atoms with Crippen molar-refractivity contribution in [3.63, 3.8) is 0 Å². The van der Waals surface area contributed by atoms with Gasteiger partial charge in [-0.2, -0.15) is 8.78 Å². The Labute approximate surface area is 85.7 Å². The Morgan fingerprint density at radius 1 is 1.20 bits per heavy atom. The van der Waals surface area contributed by atoms with Crippen LogP contribution in [0.25, 0.3) is 10.9 Å². The van der Waals surface area contributed by atoms with Crippen molar-refractivity contribution in [2.75, 3.05) is 6.54 Å². The zero-order valence-corrected chi connectivity index (χ0v) is 7.95. The van der Waals surface area contributed by atoms with Crippen LogP contribution in [0.2, 0.25) is 0 Å². The van der Waals surface area contributed by atoms with Crippen molar-refractivity contribution in [2.24, 2.45) is 5.73 Å². The van der Waals surface area contributed by atoms with Crippen molar-refractivity contribution in [1.82, 2.24) is 4.98 Å². The number of halogens is 2. The number of para-hydroxylation sites is 1. The molecule has 1 aromatic heterocycles. The van der Waals surface area contributed by atoms with Gasteiger partial charge in [-0.3, -0.25) is 4.98 Å². The lowest BCUT2D eigenvalue weighted by Gasteiger charge is -2.15. The number of hydrogen-bond acceptors (Lipinski definition) is 2. The first-order valence-electron chi connectivity index (χ1n) is 4.57. The highest BCUT2D eigenvalue weighted by Gasteiger charge is 2.31. The molecule has 0 aliphatic carbocycles. The Balaban J connectivity index is 2.71. The summed E-state index contributed by atoms with van der Waals surface area (Å²) >= 11 is 0. The lowest BCUT2D eigenvalue weighted by atomic mass is 10.0. The van der Waals surface area contributed by atoms with E-state index in [1.165, 1.54) is 12.3 Å². The molecule has 2 rings (SSSR count). The Bertz CT molecular complexity index is 477. The number of nitrogens with two attached hydrogens (primary N) is 1. The van der Waals surface area contributed by atoms with Crippen LogP contribution in [0, 0.1) is 0 Å². The number of benzene rings is 1. The Morgan fingerprint density at radius 3 is 2.67 bits per heavy atom. The summed E-state index contributed by atoms with van der Waals surface area (Å²) in [5.41, 5.74) is 5.26. The Kier molecular flexibility index (Phi) is 2.36.